The highest BCUT2D eigenvalue weighted by molar-refractivity contribution is 9.10. The van der Waals surface area contributed by atoms with E-state index in [0.717, 1.165) is 0 Å². The predicted octanol–water partition coefficient (Wildman–Crippen LogP) is 3.58. The molecule has 2 unspecified atom stereocenters. The van der Waals surface area contributed by atoms with E-state index in [9.17, 15) is 9.18 Å². The van der Waals surface area contributed by atoms with E-state index in [2.05, 4.69) is 21.2 Å². The Morgan fingerprint density at radius 1 is 1.47 bits per heavy atom. The number of nitrogens with one attached hydrogen (secondary N) is 1. The summed E-state index contributed by atoms with van der Waals surface area (Å²) in [5, 5.41) is 2.79. The standard InChI is InChI=1S/C12H14BrClFNO/c1-7(6-14)8(2)16-12(17)9-3-10(13)5-11(15)4-9/h3-5,7-8H,6H2,1-2H3,(H,16,17). The first kappa shape index (κ1) is 14.5. The fourth-order valence-electron chi connectivity index (χ4n) is 1.25. The van der Waals surface area contributed by atoms with E-state index < -0.39 is 5.82 Å². The summed E-state index contributed by atoms with van der Waals surface area (Å²) in [4.78, 5) is 11.8. The number of hydrogen-bond acceptors (Lipinski definition) is 1. The van der Waals surface area contributed by atoms with E-state index in [0.29, 0.717) is 15.9 Å². The van der Waals surface area contributed by atoms with E-state index in [1.54, 1.807) is 6.07 Å². The largest absolute Gasteiger partial charge is 0.349 e. The molecule has 0 aliphatic heterocycles. The fourth-order valence-corrected chi connectivity index (χ4v) is 1.98. The van der Waals surface area contributed by atoms with Crippen LogP contribution in [-0.2, 0) is 0 Å². The highest BCUT2D eigenvalue weighted by Crippen LogP contribution is 2.15. The van der Waals surface area contributed by atoms with Crippen molar-refractivity contribution in [2.45, 2.75) is 19.9 Å². The van der Waals surface area contributed by atoms with Gasteiger partial charge in [-0.1, -0.05) is 22.9 Å². The van der Waals surface area contributed by atoms with E-state index in [4.69, 9.17) is 11.6 Å². The van der Waals surface area contributed by atoms with Crippen LogP contribution in [0.3, 0.4) is 0 Å². The van der Waals surface area contributed by atoms with E-state index in [1.165, 1.54) is 12.1 Å². The lowest BCUT2D eigenvalue weighted by atomic mass is 10.1. The lowest BCUT2D eigenvalue weighted by Gasteiger charge is -2.19. The normalized spacial score (nSPS) is 14.2. The molecule has 1 amide bonds. The summed E-state index contributed by atoms with van der Waals surface area (Å²) in [7, 11) is 0. The van der Waals surface area contributed by atoms with Crippen LogP contribution in [0, 0.1) is 11.7 Å². The number of benzene rings is 1. The lowest BCUT2D eigenvalue weighted by molar-refractivity contribution is 0.0930. The van der Waals surface area contributed by atoms with Gasteiger partial charge in [-0.3, -0.25) is 4.79 Å². The van der Waals surface area contributed by atoms with Crippen molar-refractivity contribution in [1.29, 1.82) is 0 Å². The fraction of sp³-hybridized carbons (Fsp3) is 0.417. The minimum absolute atomic E-state index is 0.0537. The topological polar surface area (TPSA) is 29.1 Å². The maximum atomic E-state index is 13.1. The van der Waals surface area contributed by atoms with E-state index in [1.807, 2.05) is 13.8 Å². The third-order valence-electron chi connectivity index (χ3n) is 2.58. The molecule has 1 N–H and O–H groups in total. The van der Waals surface area contributed by atoms with Gasteiger partial charge in [0, 0.05) is 22.0 Å². The Morgan fingerprint density at radius 3 is 2.65 bits per heavy atom. The van der Waals surface area contributed by atoms with Crippen LogP contribution in [0.25, 0.3) is 0 Å². The molecule has 0 aliphatic rings. The van der Waals surface area contributed by atoms with Gasteiger partial charge in [0.25, 0.3) is 5.91 Å². The Morgan fingerprint density at radius 2 is 2.12 bits per heavy atom. The average molecular weight is 323 g/mol. The molecule has 2 nitrogen and oxygen atoms in total. The van der Waals surface area contributed by atoms with E-state index in [-0.39, 0.29) is 17.9 Å². The molecule has 0 aliphatic carbocycles. The van der Waals surface area contributed by atoms with Crippen LogP contribution in [0.2, 0.25) is 0 Å². The van der Waals surface area contributed by atoms with Gasteiger partial charge >= 0.3 is 0 Å². The van der Waals surface area contributed by atoms with Crippen LogP contribution >= 0.6 is 27.5 Å². The van der Waals surface area contributed by atoms with Crippen molar-refractivity contribution in [3.63, 3.8) is 0 Å². The Kier molecular flexibility index (Phi) is 5.40. The number of rotatable bonds is 4. The summed E-state index contributed by atoms with van der Waals surface area (Å²) in [6.07, 6.45) is 0. The number of halogens is 3. The zero-order chi connectivity index (χ0) is 13.0. The minimum Gasteiger partial charge on any atom is -0.349 e. The van der Waals surface area contributed by atoms with Gasteiger partial charge < -0.3 is 5.32 Å². The summed E-state index contributed by atoms with van der Waals surface area (Å²) in [5.74, 6) is -0.108. The highest BCUT2D eigenvalue weighted by Gasteiger charge is 2.15. The zero-order valence-electron chi connectivity index (χ0n) is 9.64. The van der Waals surface area contributed by atoms with Crippen LogP contribution in [0.1, 0.15) is 24.2 Å². The Balaban J connectivity index is 2.76. The van der Waals surface area contributed by atoms with Crippen molar-refractivity contribution in [3.05, 3.63) is 34.1 Å². The highest BCUT2D eigenvalue weighted by atomic mass is 79.9. The second kappa shape index (κ2) is 6.36. The third-order valence-corrected chi connectivity index (χ3v) is 3.53. The molecule has 1 aromatic rings. The van der Waals surface area contributed by atoms with Crippen molar-refractivity contribution in [2.75, 3.05) is 5.88 Å². The van der Waals surface area contributed by atoms with Crippen molar-refractivity contribution in [1.82, 2.24) is 5.32 Å². The molecule has 1 aromatic carbocycles. The quantitative estimate of drug-likeness (QED) is 0.844. The molecule has 0 bridgehead atoms. The van der Waals surface area contributed by atoms with Gasteiger partial charge in [-0.05, 0) is 31.0 Å². The van der Waals surface area contributed by atoms with Gasteiger partial charge in [0.05, 0.1) is 0 Å². The molecular formula is C12H14BrClFNO. The van der Waals surface area contributed by atoms with Crippen LogP contribution in [-0.4, -0.2) is 17.8 Å². The SMILES string of the molecule is CC(CCl)C(C)NC(=O)c1cc(F)cc(Br)c1. The summed E-state index contributed by atoms with van der Waals surface area (Å²) < 4.78 is 13.7. The summed E-state index contributed by atoms with van der Waals surface area (Å²) in [6.45, 7) is 3.82. The van der Waals surface area contributed by atoms with Gasteiger partial charge in [0.15, 0.2) is 0 Å². The zero-order valence-corrected chi connectivity index (χ0v) is 12.0. The smallest absolute Gasteiger partial charge is 0.251 e. The Labute approximate surface area is 114 Å². The number of alkyl halides is 1. The maximum Gasteiger partial charge on any atom is 0.251 e. The van der Waals surface area contributed by atoms with Crippen molar-refractivity contribution in [2.24, 2.45) is 5.92 Å². The third kappa shape index (κ3) is 4.28. The Bertz CT molecular complexity index is 393. The molecule has 2 atom stereocenters. The van der Waals surface area contributed by atoms with Gasteiger partial charge in [-0.25, -0.2) is 4.39 Å². The maximum absolute atomic E-state index is 13.1. The number of carbonyl (C=O) groups is 1. The molecule has 0 heterocycles. The van der Waals surface area contributed by atoms with Crippen molar-refractivity contribution < 1.29 is 9.18 Å². The van der Waals surface area contributed by atoms with Crippen LogP contribution in [0.15, 0.2) is 22.7 Å². The molecule has 0 aromatic heterocycles. The first-order valence-corrected chi connectivity index (χ1v) is 6.59. The molecule has 0 radical (unpaired) electrons. The second-order valence-electron chi connectivity index (χ2n) is 4.05. The minimum atomic E-state index is -0.442. The number of hydrogen-bond donors (Lipinski definition) is 1. The summed E-state index contributed by atoms with van der Waals surface area (Å²) in [5.41, 5.74) is 0.297. The van der Waals surface area contributed by atoms with Gasteiger partial charge in [-0.15, -0.1) is 11.6 Å². The van der Waals surface area contributed by atoms with Crippen molar-refractivity contribution >= 4 is 33.4 Å². The van der Waals surface area contributed by atoms with E-state index >= 15 is 0 Å². The predicted molar refractivity (Wildman–Crippen MR) is 70.9 cm³/mol. The molecule has 0 fully saturated rings. The Hall–Kier alpha value is -0.610. The first-order chi connectivity index (χ1) is 7.93. The monoisotopic (exact) mass is 321 g/mol. The average Bonchev–Trinajstić information content (AvgIpc) is 2.26. The molecular weight excluding hydrogens is 308 g/mol. The molecule has 94 valence electrons. The molecule has 0 saturated carbocycles. The van der Waals surface area contributed by atoms with Crippen LogP contribution in [0.5, 0.6) is 0 Å². The van der Waals surface area contributed by atoms with Crippen molar-refractivity contribution in [3.8, 4) is 0 Å². The second-order valence-corrected chi connectivity index (χ2v) is 5.28. The number of carbonyl (C=O) groups excluding carboxylic acids is 1. The number of amides is 1. The summed E-state index contributed by atoms with van der Waals surface area (Å²) in [6, 6.07) is 4.04. The summed E-state index contributed by atoms with van der Waals surface area (Å²) >= 11 is 8.86. The van der Waals surface area contributed by atoms with Crippen LogP contribution < -0.4 is 5.32 Å². The van der Waals surface area contributed by atoms with Gasteiger partial charge in [0.2, 0.25) is 0 Å². The first-order valence-electron chi connectivity index (χ1n) is 5.27. The lowest BCUT2D eigenvalue weighted by Crippen LogP contribution is -2.37. The molecule has 0 saturated heterocycles. The van der Waals surface area contributed by atoms with Gasteiger partial charge in [0.1, 0.15) is 5.82 Å². The molecule has 1 rings (SSSR count). The molecule has 5 heteroatoms. The molecule has 0 spiro atoms. The molecule has 17 heavy (non-hydrogen) atoms. The van der Waals surface area contributed by atoms with Gasteiger partial charge in [-0.2, -0.15) is 0 Å². The van der Waals surface area contributed by atoms with Crippen LogP contribution in [0.4, 0.5) is 4.39 Å².